The van der Waals surface area contributed by atoms with Crippen molar-refractivity contribution in [1.82, 2.24) is 4.90 Å². The van der Waals surface area contributed by atoms with Crippen molar-refractivity contribution in [3.05, 3.63) is 35.4 Å². The van der Waals surface area contributed by atoms with E-state index in [1.807, 2.05) is 0 Å². The normalized spacial score (nSPS) is 29.4. The fourth-order valence-corrected chi connectivity index (χ4v) is 3.38. The summed E-state index contributed by atoms with van der Waals surface area (Å²) < 4.78 is 5.82. The molecule has 1 aliphatic carbocycles. The summed E-state index contributed by atoms with van der Waals surface area (Å²) in [6, 6.07) is 9.45. The number of ether oxygens (including phenoxy) is 1. The Balaban J connectivity index is 1.74. The van der Waals surface area contributed by atoms with Gasteiger partial charge in [0.25, 0.3) is 0 Å². The Kier molecular flexibility index (Phi) is 4.11. The van der Waals surface area contributed by atoms with Crippen molar-refractivity contribution < 1.29 is 4.74 Å². The SMILES string of the molecule is C[C@@H]1CN(C(CN)c2ccc(C3CC3)cc2)C[C@H](C)O1. The Morgan fingerprint density at radius 1 is 1.15 bits per heavy atom. The molecule has 3 rings (SSSR count). The Hall–Kier alpha value is -0.900. The Morgan fingerprint density at radius 3 is 2.25 bits per heavy atom. The Morgan fingerprint density at radius 2 is 1.75 bits per heavy atom. The summed E-state index contributed by atoms with van der Waals surface area (Å²) in [6.45, 7) is 6.90. The lowest BCUT2D eigenvalue weighted by molar-refractivity contribution is -0.0799. The average Bonchev–Trinajstić information content (AvgIpc) is 3.24. The number of nitrogens with zero attached hydrogens (tertiary/aromatic N) is 1. The van der Waals surface area contributed by atoms with Crippen molar-refractivity contribution in [3.63, 3.8) is 0 Å². The number of hydrogen-bond donors (Lipinski definition) is 1. The van der Waals surface area contributed by atoms with Crippen LogP contribution in [0, 0.1) is 0 Å². The van der Waals surface area contributed by atoms with Gasteiger partial charge in [-0.2, -0.15) is 0 Å². The third-order valence-electron chi connectivity index (χ3n) is 4.48. The van der Waals surface area contributed by atoms with Gasteiger partial charge in [0.15, 0.2) is 0 Å². The van der Waals surface area contributed by atoms with Crippen LogP contribution in [0.1, 0.15) is 49.8 Å². The highest BCUT2D eigenvalue weighted by molar-refractivity contribution is 5.30. The lowest BCUT2D eigenvalue weighted by Gasteiger charge is -2.40. The van der Waals surface area contributed by atoms with Gasteiger partial charge in [0.05, 0.1) is 12.2 Å². The first-order chi connectivity index (χ1) is 9.67. The average molecular weight is 274 g/mol. The predicted octanol–water partition coefficient (Wildman–Crippen LogP) is 2.67. The molecule has 3 atom stereocenters. The van der Waals surface area contributed by atoms with E-state index in [-0.39, 0.29) is 0 Å². The van der Waals surface area contributed by atoms with Crippen LogP contribution < -0.4 is 5.73 Å². The minimum atomic E-state index is 0.290. The quantitative estimate of drug-likeness (QED) is 0.917. The van der Waals surface area contributed by atoms with E-state index in [1.165, 1.54) is 24.0 Å². The molecule has 2 N–H and O–H groups in total. The minimum absolute atomic E-state index is 0.290. The number of hydrogen-bond acceptors (Lipinski definition) is 3. The number of benzene rings is 1. The van der Waals surface area contributed by atoms with Crippen LogP contribution in [0.3, 0.4) is 0 Å². The van der Waals surface area contributed by atoms with Crippen LogP contribution in [0.2, 0.25) is 0 Å². The summed E-state index contributed by atoms with van der Waals surface area (Å²) in [4.78, 5) is 2.48. The van der Waals surface area contributed by atoms with Crippen molar-refractivity contribution in [3.8, 4) is 0 Å². The van der Waals surface area contributed by atoms with Gasteiger partial charge >= 0.3 is 0 Å². The second-order valence-electron chi connectivity index (χ2n) is 6.40. The molecule has 0 amide bonds. The molecule has 0 radical (unpaired) electrons. The van der Waals surface area contributed by atoms with Gasteiger partial charge in [0.1, 0.15) is 0 Å². The van der Waals surface area contributed by atoms with Gasteiger partial charge in [0, 0.05) is 25.7 Å². The number of rotatable bonds is 4. The zero-order chi connectivity index (χ0) is 14.1. The summed E-state index contributed by atoms with van der Waals surface area (Å²) in [5, 5.41) is 0. The topological polar surface area (TPSA) is 38.5 Å². The van der Waals surface area contributed by atoms with E-state index in [0.717, 1.165) is 19.0 Å². The van der Waals surface area contributed by atoms with E-state index in [0.29, 0.717) is 24.8 Å². The van der Waals surface area contributed by atoms with Crippen LogP contribution in [0.5, 0.6) is 0 Å². The Bertz CT molecular complexity index is 431. The first-order valence-electron chi connectivity index (χ1n) is 7.86. The number of morpholine rings is 1. The van der Waals surface area contributed by atoms with Crippen LogP contribution in [0.4, 0.5) is 0 Å². The molecule has 1 unspecified atom stereocenters. The molecule has 1 aliphatic heterocycles. The molecule has 110 valence electrons. The van der Waals surface area contributed by atoms with Gasteiger partial charge in [0.2, 0.25) is 0 Å². The summed E-state index contributed by atoms with van der Waals surface area (Å²) in [6.07, 6.45) is 3.30. The van der Waals surface area contributed by atoms with E-state index in [2.05, 4.69) is 43.0 Å². The molecule has 0 bridgehead atoms. The van der Waals surface area contributed by atoms with Gasteiger partial charge in [-0.25, -0.2) is 0 Å². The third-order valence-corrected chi connectivity index (χ3v) is 4.48. The summed E-state index contributed by atoms with van der Waals surface area (Å²) in [5.41, 5.74) is 8.89. The van der Waals surface area contributed by atoms with E-state index >= 15 is 0 Å². The van der Waals surface area contributed by atoms with E-state index in [9.17, 15) is 0 Å². The smallest absolute Gasteiger partial charge is 0.0678 e. The zero-order valence-electron chi connectivity index (χ0n) is 12.6. The molecule has 1 saturated heterocycles. The molecule has 2 aliphatic rings. The van der Waals surface area contributed by atoms with Gasteiger partial charge in [-0.05, 0) is 43.7 Å². The molecule has 20 heavy (non-hydrogen) atoms. The molecule has 2 fully saturated rings. The fourth-order valence-electron chi connectivity index (χ4n) is 3.38. The summed E-state index contributed by atoms with van der Waals surface area (Å²) in [5.74, 6) is 0.823. The molecule has 1 saturated carbocycles. The van der Waals surface area contributed by atoms with Gasteiger partial charge in [-0.1, -0.05) is 24.3 Å². The Labute approximate surface area is 122 Å². The molecule has 1 aromatic rings. The second-order valence-corrected chi connectivity index (χ2v) is 6.40. The molecule has 1 heterocycles. The molecule has 3 nitrogen and oxygen atoms in total. The number of nitrogens with two attached hydrogens (primary N) is 1. The van der Waals surface area contributed by atoms with Crippen molar-refractivity contribution >= 4 is 0 Å². The first kappa shape index (κ1) is 14.1. The second kappa shape index (κ2) is 5.84. The van der Waals surface area contributed by atoms with E-state index in [4.69, 9.17) is 10.5 Å². The third kappa shape index (κ3) is 3.05. The van der Waals surface area contributed by atoms with Crippen LogP contribution in [-0.4, -0.2) is 36.7 Å². The summed E-state index contributed by atoms with van der Waals surface area (Å²) in [7, 11) is 0. The van der Waals surface area contributed by atoms with Gasteiger partial charge in [-0.15, -0.1) is 0 Å². The monoisotopic (exact) mass is 274 g/mol. The fraction of sp³-hybridized carbons (Fsp3) is 0.647. The highest BCUT2D eigenvalue weighted by atomic mass is 16.5. The maximum atomic E-state index is 6.05. The maximum absolute atomic E-state index is 6.05. The van der Waals surface area contributed by atoms with Crippen molar-refractivity contribution in [2.75, 3.05) is 19.6 Å². The largest absolute Gasteiger partial charge is 0.373 e. The van der Waals surface area contributed by atoms with Crippen molar-refractivity contribution in [1.29, 1.82) is 0 Å². The molecule has 1 aromatic carbocycles. The molecular formula is C17H26N2O. The van der Waals surface area contributed by atoms with Crippen LogP contribution in [0.15, 0.2) is 24.3 Å². The van der Waals surface area contributed by atoms with E-state index < -0.39 is 0 Å². The molecule has 0 aromatic heterocycles. The van der Waals surface area contributed by atoms with Crippen molar-refractivity contribution in [2.24, 2.45) is 5.73 Å². The van der Waals surface area contributed by atoms with Crippen LogP contribution in [0.25, 0.3) is 0 Å². The standard InChI is InChI=1S/C17H26N2O/c1-12-10-19(11-13(2)20-12)17(9-18)16-7-5-15(6-8-16)14-3-4-14/h5-8,12-14,17H,3-4,9-11,18H2,1-2H3/t12-,13+,17?. The van der Waals surface area contributed by atoms with E-state index in [1.54, 1.807) is 0 Å². The molecule has 3 heteroatoms. The molecular weight excluding hydrogens is 248 g/mol. The molecule has 0 spiro atoms. The first-order valence-corrected chi connectivity index (χ1v) is 7.86. The van der Waals surface area contributed by atoms with Crippen molar-refractivity contribution in [2.45, 2.75) is 50.9 Å². The van der Waals surface area contributed by atoms with Gasteiger partial charge in [-0.3, -0.25) is 4.90 Å². The van der Waals surface area contributed by atoms with Crippen LogP contribution >= 0.6 is 0 Å². The lowest BCUT2D eigenvalue weighted by Crippen LogP contribution is -2.48. The highest BCUT2D eigenvalue weighted by Crippen LogP contribution is 2.40. The maximum Gasteiger partial charge on any atom is 0.0678 e. The highest BCUT2D eigenvalue weighted by Gasteiger charge is 2.28. The predicted molar refractivity (Wildman–Crippen MR) is 81.8 cm³/mol. The van der Waals surface area contributed by atoms with Crippen LogP contribution in [-0.2, 0) is 4.74 Å². The zero-order valence-corrected chi connectivity index (χ0v) is 12.6. The minimum Gasteiger partial charge on any atom is -0.373 e. The summed E-state index contributed by atoms with van der Waals surface area (Å²) >= 11 is 0. The lowest BCUT2D eigenvalue weighted by atomic mass is 10.0. The van der Waals surface area contributed by atoms with Gasteiger partial charge < -0.3 is 10.5 Å².